The van der Waals surface area contributed by atoms with Crippen LogP contribution in [0.3, 0.4) is 0 Å². The number of aryl methyl sites for hydroxylation is 1. The molecule has 3 rings (SSSR count). The van der Waals surface area contributed by atoms with Crippen molar-refractivity contribution in [3.8, 4) is 11.5 Å². The van der Waals surface area contributed by atoms with Gasteiger partial charge in [0.2, 0.25) is 5.91 Å². The van der Waals surface area contributed by atoms with Gasteiger partial charge in [-0.05, 0) is 61.7 Å². The van der Waals surface area contributed by atoms with Crippen LogP contribution in [0.25, 0.3) is 0 Å². The van der Waals surface area contributed by atoms with Crippen molar-refractivity contribution >= 4 is 29.0 Å². The van der Waals surface area contributed by atoms with E-state index in [-0.39, 0.29) is 18.5 Å². The Bertz CT molecular complexity index is 1130. The zero-order chi connectivity index (χ0) is 25.9. The molecule has 0 aliphatic rings. The fourth-order valence-electron chi connectivity index (χ4n) is 3.86. The molecule has 0 fully saturated rings. The molecule has 7 nitrogen and oxygen atoms in total. The molecule has 0 atom stereocenters. The topological polar surface area (TPSA) is 71.1 Å². The Hall–Kier alpha value is -3.52. The lowest BCUT2D eigenvalue weighted by Crippen LogP contribution is -2.45. The van der Waals surface area contributed by atoms with Crippen molar-refractivity contribution in [1.82, 2.24) is 9.80 Å². The Morgan fingerprint density at radius 1 is 0.917 bits per heavy atom. The second-order valence-electron chi connectivity index (χ2n) is 8.48. The molecule has 8 heteroatoms. The minimum Gasteiger partial charge on any atom is -0.493 e. The maximum Gasteiger partial charge on any atom is 0.322 e. The molecule has 0 unspecified atom stereocenters. The molecule has 192 valence electrons. The number of carbonyl (C=O) groups excluding carboxylic acids is 2. The van der Waals surface area contributed by atoms with Gasteiger partial charge < -0.3 is 24.6 Å². The van der Waals surface area contributed by atoms with Gasteiger partial charge in [-0.15, -0.1) is 11.3 Å². The Morgan fingerprint density at radius 3 is 2.31 bits per heavy atom. The number of amides is 3. The van der Waals surface area contributed by atoms with Crippen LogP contribution >= 0.6 is 11.3 Å². The van der Waals surface area contributed by atoms with E-state index in [0.29, 0.717) is 43.2 Å². The van der Waals surface area contributed by atoms with E-state index >= 15 is 0 Å². The molecule has 1 heterocycles. The molecule has 0 aliphatic carbocycles. The Kier molecular flexibility index (Phi) is 10.2. The van der Waals surface area contributed by atoms with Crippen molar-refractivity contribution in [3.63, 3.8) is 0 Å². The first-order chi connectivity index (χ1) is 17.4. The number of anilines is 1. The average molecular weight is 510 g/mol. The van der Waals surface area contributed by atoms with Crippen LogP contribution in [0.15, 0.2) is 60.7 Å². The van der Waals surface area contributed by atoms with Gasteiger partial charge in [0.15, 0.2) is 11.5 Å². The summed E-state index contributed by atoms with van der Waals surface area (Å²) in [6.45, 7) is 5.59. The highest BCUT2D eigenvalue weighted by Crippen LogP contribution is 2.28. The van der Waals surface area contributed by atoms with Crippen LogP contribution in [0.2, 0.25) is 0 Å². The average Bonchev–Trinajstić information content (AvgIpc) is 3.30. The molecule has 0 saturated carbocycles. The predicted octanol–water partition coefficient (Wildman–Crippen LogP) is 5.59. The number of benzene rings is 2. The zero-order valence-electron chi connectivity index (χ0n) is 21.5. The van der Waals surface area contributed by atoms with Gasteiger partial charge >= 0.3 is 6.03 Å². The predicted molar refractivity (Wildman–Crippen MR) is 145 cm³/mol. The molecule has 0 saturated heterocycles. The van der Waals surface area contributed by atoms with Gasteiger partial charge in [-0.25, -0.2) is 4.79 Å². The highest BCUT2D eigenvalue weighted by molar-refractivity contribution is 7.11. The molecule has 0 bridgehead atoms. The second-order valence-corrected chi connectivity index (χ2v) is 9.86. The van der Waals surface area contributed by atoms with Crippen LogP contribution in [0.4, 0.5) is 10.5 Å². The number of nitrogens with one attached hydrogen (secondary N) is 1. The molecule has 0 spiro atoms. The van der Waals surface area contributed by atoms with Crippen LogP contribution in [-0.4, -0.2) is 55.6 Å². The van der Waals surface area contributed by atoms with Crippen LogP contribution in [-0.2, 0) is 17.8 Å². The maximum atomic E-state index is 13.5. The standard InChI is InChI=1S/C28H35N3O4S/c1-5-16-31(28(33)29-23-9-7-6-8-10-23)20-27(32)30(19-24-13-11-21(2)36-24)17-15-22-12-14-25(34-3)26(18-22)35-4/h6-14,18H,5,15-17,19-20H2,1-4H3,(H,29,33). The highest BCUT2D eigenvalue weighted by Gasteiger charge is 2.22. The Balaban J connectivity index is 1.73. The number of nitrogens with zero attached hydrogens (tertiary/aromatic N) is 2. The number of rotatable bonds is 12. The van der Waals surface area contributed by atoms with Crippen molar-refractivity contribution in [2.45, 2.75) is 33.2 Å². The van der Waals surface area contributed by atoms with Crippen molar-refractivity contribution in [2.24, 2.45) is 0 Å². The molecule has 36 heavy (non-hydrogen) atoms. The van der Waals surface area contributed by atoms with Crippen LogP contribution in [0.5, 0.6) is 11.5 Å². The first-order valence-electron chi connectivity index (χ1n) is 12.1. The molecular weight excluding hydrogens is 474 g/mol. The zero-order valence-corrected chi connectivity index (χ0v) is 22.3. The lowest BCUT2D eigenvalue weighted by molar-refractivity contribution is -0.132. The van der Waals surface area contributed by atoms with Gasteiger partial charge in [0, 0.05) is 28.5 Å². The van der Waals surface area contributed by atoms with Gasteiger partial charge in [-0.1, -0.05) is 31.2 Å². The van der Waals surface area contributed by atoms with E-state index in [9.17, 15) is 9.59 Å². The number of urea groups is 1. The largest absolute Gasteiger partial charge is 0.493 e. The normalized spacial score (nSPS) is 10.6. The highest BCUT2D eigenvalue weighted by atomic mass is 32.1. The number of hydrogen-bond donors (Lipinski definition) is 1. The Labute approximate surface area is 217 Å². The first-order valence-corrected chi connectivity index (χ1v) is 12.9. The minimum atomic E-state index is -0.275. The van der Waals surface area contributed by atoms with Crippen molar-refractivity contribution < 1.29 is 19.1 Å². The van der Waals surface area contributed by atoms with E-state index in [2.05, 4.69) is 24.4 Å². The summed E-state index contributed by atoms with van der Waals surface area (Å²) in [6.07, 6.45) is 1.41. The third-order valence-corrected chi connectivity index (χ3v) is 6.73. The summed E-state index contributed by atoms with van der Waals surface area (Å²) in [6, 6.07) is 18.9. The molecule has 2 aromatic carbocycles. The van der Waals surface area contributed by atoms with Gasteiger partial charge in [0.1, 0.15) is 6.54 Å². The number of hydrogen-bond acceptors (Lipinski definition) is 5. The van der Waals surface area contributed by atoms with Crippen LogP contribution in [0, 0.1) is 6.92 Å². The lowest BCUT2D eigenvalue weighted by atomic mass is 10.1. The van der Waals surface area contributed by atoms with E-state index in [1.165, 1.54) is 4.88 Å². The summed E-state index contributed by atoms with van der Waals surface area (Å²) in [5.74, 6) is 1.24. The number of para-hydroxylation sites is 1. The maximum absolute atomic E-state index is 13.5. The molecule has 0 radical (unpaired) electrons. The van der Waals surface area contributed by atoms with Crippen molar-refractivity contribution in [3.05, 3.63) is 76.0 Å². The number of carbonyl (C=O) groups is 2. The summed E-state index contributed by atoms with van der Waals surface area (Å²) < 4.78 is 10.8. The van der Waals surface area contributed by atoms with E-state index in [1.807, 2.05) is 60.4 Å². The number of methoxy groups -OCH3 is 2. The monoisotopic (exact) mass is 509 g/mol. The van der Waals surface area contributed by atoms with E-state index in [4.69, 9.17) is 9.47 Å². The van der Waals surface area contributed by atoms with E-state index < -0.39 is 0 Å². The third-order valence-electron chi connectivity index (χ3n) is 5.75. The van der Waals surface area contributed by atoms with Crippen molar-refractivity contribution in [1.29, 1.82) is 0 Å². The molecule has 1 N–H and O–H groups in total. The van der Waals surface area contributed by atoms with Crippen LogP contribution in [0.1, 0.15) is 28.7 Å². The second kappa shape index (κ2) is 13.5. The SMILES string of the molecule is CCCN(CC(=O)N(CCc1ccc(OC)c(OC)c1)Cc1ccc(C)s1)C(=O)Nc1ccccc1. The quantitative estimate of drug-likeness (QED) is 0.346. The Morgan fingerprint density at radius 2 is 1.67 bits per heavy atom. The summed E-state index contributed by atoms with van der Waals surface area (Å²) in [4.78, 5) is 32.2. The number of ether oxygens (including phenoxy) is 2. The summed E-state index contributed by atoms with van der Waals surface area (Å²) in [5.41, 5.74) is 1.75. The van der Waals surface area contributed by atoms with E-state index in [1.54, 1.807) is 30.5 Å². The first kappa shape index (κ1) is 27.1. The lowest BCUT2D eigenvalue weighted by Gasteiger charge is -2.27. The molecule has 3 aromatic rings. The molecule has 3 amide bonds. The van der Waals surface area contributed by atoms with Gasteiger partial charge in [-0.2, -0.15) is 0 Å². The summed E-state index contributed by atoms with van der Waals surface area (Å²) in [5, 5.41) is 2.90. The number of thiophene rings is 1. The summed E-state index contributed by atoms with van der Waals surface area (Å²) >= 11 is 1.68. The van der Waals surface area contributed by atoms with Gasteiger partial charge in [0.25, 0.3) is 0 Å². The van der Waals surface area contributed by atoms with Gasteiger partial charge in [-0.3, -0.25) is 4.79 Å². The van der Waals surface area contributed by atoms with Crippen LogP contribution < -0.4 is 14.8 Å². The fourth-order valence-corrected chi connectivity index (χ4v) is 4.77. The van der Waals surface area contributed by atoms with Crippen molar-refractivity contribution in [2.75, 3.05) is 39.2 Å². The minimum absolute atomic E-state index is 0.0167. The van der Waals surface area contributed by atoms with E-state index in [0.717, 1.165) is 16.9 Å². The molecule has 0 aliphatic heterocycles. The van der Waals surface area contributed by atoms with Gasteiger partial charge in [0.05, 0.1) is 20.8 Å². The molecular formula is C28H35N3O4S. The smallest absolute Gasteiger partial charge is 0.322 e. The summed E-state index contributed by atoms with van der Waals surface area (Å²) in [7, 11) is 3.22. The fraction of sp³-hybridized carbons (Fsp3) is 0.357. The third kappa shape index (κ3) is 7.75. The molecule has 1 aromatic heterocycles.